The van der Waals surface area contributed by atoms with Crippen molar-refractivity contribution in [2.75, 3.05) is 0 Å². The lowest BCUT2D eigenvalue weighted by molar-refractivity contribution is -0.151. The molecule has 1 heterocycles. The van der Waals surface area contributed by atoms with E-state index in [-0.39, 0.29) is 29.6 Å². The van der Waals surface area contributed by atoms with Gasteiger partial charge < -0.3 is 9.84 Å². The van der Waals surface area contributed by atoms with E-state index in [2.05, 4.69) is 6.92 Å². The lowest BCUT2D eigenvalue weighted by Gasteiger charge is -2.23. The number of allylic oxidation sites excluding steroid dienone is 1. The molecule has 0 aliphatic carbocycles. The number of rotatable bonds is 13. The van der Waals surface area contributed by atoms with E-state index in [4.69, 9.17) is 4.74 Å². The zero-order chi connectivity index (χ0) is 18.5. The lowest BCUT2D eigenvalue weighted by Crippen LogP contribution is -2.33. The van der Waals surface area contributed by atoms with Gasteiger partial charge in [-0.25, -0.2) is 4.79 Å². The highest BCUT2D eigenvalue weighted by Crippen LogP contribution is 2.24. The van der Waals surface area contributed by atoms with Crippen LogP contribution in [0.5, 0.6) is 0 Å². The molecule has 0 radical (unpaired) electrons. The molecule has 144 valence electrons. The summed E-state index contributed by atoms with van der Waals surface area (Å²) in [5.41, 5.74) is -0.114. The minimum atomic E-state index is -0.634. The summed E-state index contributed by atoms with van der Waals surface area (Å²) in [4.78, 5) is 24.2. The van der Waals surface area contributed by atoms with Crippen LogP contribution in [0.25, 0.3) is 0 Å². The van der Waals surface area contributed by atoms with Gasteiger partial charge >= 0.3 is 5.97 Å². The number of Topliss-reactive ketones (excluding diaryl/α,β-unsaturated/α-hetero) is 1. The molecule has 0 spiro atoms. The number of carbonyl (C=O) groups excluding carboxylic acids is 2. The van der Waals surface area contributed by atoms with E-state index >= 15 is 0 Å². The van der Waals surface area contributed by atoms with Crippen molar-refractivity contribution in [2.45, 2.75) is 110 Å². The number of hydrogen-bond acceptors (Lipinski definition) is 4. The van der Waals surface area contributed by atoms with Crippen LogP contribution in [-0.2, 0) is 14.3 Å². The number of aliphatic hydroxyl groups excluding tert-OH is 1. The number of carbonyl (C=O) groups is 2. The Kier molecular flexibility index (Phi) is 11.3. The third-order valence-electron chi connectivity index (χ3n) is 4.86. The zero-order valence-corrected chi connectivity index (χ0v) is 16.1. The largest absolute Gasteiger partial charge is 0.511 e. The molecule has 1 rings (SSSR count). The summed E-state index contributed by atoms with van der Waals surface area (Å²) >= 11 is 0. The number of cyclic esters (lactones) is 1. The first-order valence-electron chi connectivity index (χ1n) is 10.3. The fraction of sp³-hybridized carbons (Fsp3) is 0.810. The molecule has 4 nitrogen and oxygen atoms in total. The van der Waals surface area contributed by atoms with Crippen LogP contribution < -0.4 is 0 Å². The van der Waals surface area contributed by atoms with Gasteiger partial charge in [0.2, 0.25) is 0 Å². The smallest absolute Gasteiger partial charge is 0.345 e. The molecule has 1 aliphatic heterocycles. The van der Waals surface area contributed by atoms with Crippen molar-refractivity contribution >= 4 is 11.8 Å². The molecule has 0 aromatic rings. The molecule has 0 amide bonds. The van der Waals surface area contributed by atoms with Crippen LogP contribution in [0, 0.1) is 0 Å². The Bertz CT molecular complexity index is 419. The van der Waals surface area contributed by atoms with Crippen LogP contribution in [0.3, 0.4) is 0 Å². The van der Waals surface area contributed by atoms with Crippen LogP contribution in [0.15, 0.2) is 11.3 Å². The van der Waals surface area contributed by atoms with Gasteiger partial charge in [-0.15, -0.1) is 0 Å². The number of esters is 1. The van der Waals surface area contributed by atoms with Gasteiger partial charge in [-0.1, -0.05) is 71.6 Å². The molecule has 1 saturated heterocycles. The monoisotopic (exact) mass is 352 g/mol. The molecule has 25 heavy (non-hydrogen) atoms. The number of aliphatic hydroxyl groups is 1. The molecule has 1 atom stereocenters. The van der Waals surface area contributed by atoms with Gasteiger partial charge in [-0.3, -0.25) is 4.79 Å². The Morgan fingerprint density at radius 3 is 2.04 bits per heavy atom. The molecule has 1 N–H and O–H groups in total. The number of unbranched alkanes of at least 4 members (excludes halogenated alkanes) is 9. The predicted molar refractivity (Wildman–Crippen MR) is 101 cm³/mol. The van der Waals surface area contributed by atoms with E-state index in [0.29, 0.717) is 6.42 Å². The molecule has 1 fully saturated rings. The van der Waals surface area contributed by atoms with E-state index in [1.54, 1.807) is 0 Å². The first kappa shape index (κ1) is 21.7. The van der Waals surface area contributed by atoms with Crippen molar-refractivity contribution in [1.29, 1.82) is 0 Å². The van der Waals surface area contributed by atoms with Gasteiger partial charge in [0.05, 0.1) is 0 Å². The van der Waals surface area contributed by atoms with Crippen LogP contribution in [0.4, 0.5) is 0 Å². The number of hydrogen-bond donors (Lipinski definition) is 1. The summed E-state index contributed by atoms with van der Waals surface area (Å²) in [7, 11) is 0. The normalized spacial score (nSPS) is 19.8. The van der Waals surface area contributed by atoms with Gasteiger partial charge in [0.15, 0.2) is 5.78 Å². The summed E-state index contributed by atoms with van der Waals surface area (Å²) < 4.78 is 5.36. The molecule has 4 heteroatoms. The fourth-order valence-electron chi connectivity index (χ4n) is 3.27. The highest BCUT2D eigenvalue weighted by molar-refractivity contribution is 6.19. The molecule has 0 aromatic carbocycles. The molecule has 0 bridgehead atoms. The summed E-state index contributed by atoms with van der Waals surface area (Å²) in [6.45, 7) is 4.23. The Labute approximate surface area is 153 Å². The van der Waals surface area contributed by atoms with Crippen LogP contribution in [0.1, 0.15) is 104 Å². The number of ketones is 1. The van der Waals surface area contributed by atoms with Crippen LogP contribution in [-0.4, -0.2) is 23.0 Å². The molecule has 0 aromatic heterocycles. The Balaban J connectivity index is 2.22. The van der Waals surface area contributed by atoms with E-state index in [0.717, 1.165) is 32.1 Å². The molecule has 0 saturated carbocycles. The quantitative estimate of drug-likeness (QED) is 0.150. The summed E-state index contributed by atoms with van der Waals surface area (Å²) in [5.74, 6) is -0.991. The minimum absolute atomic E-state index is 0.0987. The van der Waals surface area contributed by atoms with Gasteiger partial charge in [-0.05, 0) is 19.3 Å². The van der Waals surface area contributed by atoms with Crippen molar-refractivity contribution in [3.8, 4) is 0 Å². The maximum Gasteiger partial charge on any atom is 0.345 e. The van der Waals surface area contributed by atoms with E-state index in [9.17, 15) is 14.7 Å². The zero-order valence-electron chi connectivity index (χ0n) is 16.1. The lowest BCUT2D eigenvalue weighted by atomic mass is 9.96. The standard InChI is InChI=1S/C21H36O4/c1-3-5-7-8-9-10-11-12-13-14-17-16-19(23)20(21(24)25-17)18(22)15-6-4-2/h17,22H,3-16H2,1-2H3/b20-18+. The highest BCUT2D eigenvalue weighted by atomic mass is 16.5. The first-order chi connectivity index (χ1) is 12.1. The summed E-state index contributed by atoms with van der Waals surface area (Å²) in [6.07, 6.45) is 13.9. The van der Waals surface area contributed by atoms with Gasteiger partial charge in [0, 0.05) is 12.8 Å². The first-order valence-corrected chi connectivity index (χ1v) is 10.3. The molecule has 1 unspecified atom stereocenters. The third kappa shape index (κ3) is 8.55. The van der Waals surface area contributed by atoms with E-state index < -0.39 is 5.97 Å². The Hall–Kier alpha value is -1.32. The highest BCUT2D eigenvalue weighted by Gasteiger charge is 2.34. The van der Waals surface area contributed by atoms with Crippen molar-refractivity contribution in [1.82, 2.24) is 0 Å². The van der Waals surface area contributed by atoms with Crippen LogP contribution >= 0.6 is 0 Å². The van der Waals surface area contributed by atoms with Gasteiger partial charge in [0.25, 0.3) is 0 Å². The van der Waals surface area contributed by atoms with Gasteiger partial charge in [0.1, 0.15) is 17.4 Å². The molecule has 1 aliphatic rings. The third-order valence-corrected chi connectivity index (χ3v) is 4.86. The average Bonchev–Trinajstić information content (AvgIpc) is 2.58. The second-order valence-corrected chi connectivity index (χ2v) is 7.20. The van der Waals surface area contributed by atoms with Crippen molar-refractivity contribution in [2.24, 2.45) is 0 Å². The number of ether oxygens (including phenoxy) is 1. The average molecular weight is 353 g/mol. The summed E-state index contributed by atoms with van der Waals surface area (Å²) in [6, 6.07) is 0. The van der Waals surface area contributed by atoms with Crippen molar-refractivity contribution in [3.05, 3.63) is 11.3 Å². The minimum Gasteiger partial charge on any atom is -0.511 e. The summed E-state index contributed by atoms with van der Waals surface area (Å²) in [5, 5.41) is 9.94. The second kappa shape index (κ2) is 13.0. The molecular formula is C21H36O4. The van der Waals surface area contributed by atoms with Crippen LogP contribution in [0.2, 0.25) is 0 Å². The fourth-order valence-corrected chi connectivity index (χ4v) is 3.27. The van der Waals surface area contributed by atoms with Crippen molar-refractivity contribution in [3.63, 3.8) is 0 Å². The van der Waals surface area contributed by atoms with Gasteiger partial charge in [-0.2, -0.15) is 0 Å². The Morgan fingerprint density at radius 2 is 1.48 bits per heavy atom. The predicted octanol–water partition coefficient (Wildman–Crippen LogP) is 5.79. The van der Waals surface area contributed by atoms with E-state index in [1.807, 2.05) is 6.92 Å². The van der Waals surface area contributed by atoms with Crippen molar-refractivity contribution < 1.29 is 19.4 Å². The van der Waals surface area contributed by atoms with E-state index in [1.165, 1.54) is 44.9 Å². The maximum absolute atomic E-state index is 12.2. The molecular weight excluding hydrogens is 316 g/mol. The SMILES string of the molecule is CCCCCCCCCCCC1CC(=O)/C(=C(\O)CCCC)C(=O)O1. The second-order valence-electron chi connectivity index (χ2n) is 7.20. The Morgan fingerprint density at radius 1 is 0.920 bits per heavy atom. The topological polar surface area (TPSA) is 63.6 Å². The maximum atomic E-state index is 12.2.